The van der Waals surface area contributed by atoms with E-state index in [1.54, 1.807) is 0 Å². The maximum Gasteiger partial charge on any atom is 0.419 e. The fourth-order valence-electron chi connectivity index (χ4n) is 1.52. The molecule has 0 amide bonds. The normalized spacial score (nSPS) is 10.4. The monoisotopic (exact) mass is 237 g/mol. The molecule has 0 saturated carbocycles. The molecule has 0 spiro atoms. The van der Waals surface area contributed by atoms with Crippen molar-refractivity contribution in [3.8, 4) is 11.5 Å². The molecule has 0 aliphatic carbocycles. The fourth-order valence-corrected chi connectivity index (χ4v) is 1.52. The highest BCUT2D eigenvalue weighted by Gasteiger charge is 2.26. The van der Waals surface area contributed by atoms with Crippen molar-refractivity contribution >= 4 is 16.7 Å². The van der Waals surface area contributed by atoms with Crippen LogP contribution in [0.1, 0.15) is 0 Å². The van der Waals surface area contributed by atoms with E-state index in [9.17, 15) is 20.0 Å². The number of aromatic hydroxyl groups is 1. The summed E-state index contributed by atoms with van der Waals surface area (Å²) >= 11 is 0. The Kier molecular flexibility index (Phi) is 2.43. The number of nitro groups is 1. The van der Waals surface area contributed by atoms with Gasteiger partial charge in [0.15, 0.2) is 0 Å². The molecule has 0 aliphatic rings. The smallest absolute Gasteiger partial charge is 0.419 e. The highest BCUT2D eigenvalue weighted by molar-refractivity contribution is 5.92. The maximum absolute atomic E-state index is 11.3. The Morgan fingerprint density at radius 3 is 2.76 bits per heavy atom. The molecule has 1 aromatic heterocycles. The van der Waals surface area contributed by atoms with Gasteiger partial charge in [-0.05, 0) is 12.1 Å². The largest absolute Gasteiger partial charge is 0.501 e. The van der Waals surface area contributed by atoms with Crippen LogP contribution in [0.15, 0.2) is 27.4 Å². The number of rotatable bonds is 2. The zero-order chi connectivity index (χ0) is 12.6. The number of hydrogen-bond donors (Lipinski definition) is 1. The molecule has 0 radical (unpaired) electrons. The van der Waals surface area contributed by atoms with Gasteiger partial charge in [-0.2, -0.15) is 0 Å². The third-order valence-corrected chi connectivity index (χ3v) is 2.25. The van der Waals surface area contributed by atoms with Gasteiger partial charge >= 0.3 is 11.3 Å². The van der Waals surface area contributed by atoms with Crippen molar-refractivity contribution in [2.24, 2.45) is 0 Å². The van der Waals surface area contributed by atoms with Crippen LogP contribution >= 0.6 is 0 Å². The zero-order valence-corrected chi connectivity index (χ0v) is 8.67. The lowest BCUT2D eigenvalue weighted by molar-refractivity contribution is -0.388. The summed E-state index contributed by atoms with van der Waals surface area (Å²) in [5.74, 6) is -0.564. The summed E-state index contributed by atoms with van der Waals surface area (Å²) < 4.78 is 9.68. The first-order valence-corrected chi connectivity index (χ1v) is 4.53. The molecule has 1 heterocycles. The molecule has 0 unspecified atom stereocenters. The Labute approximate surface area is 94.0 Å². The quantitative estimate of drug-likeness (QED) is 0.481. The molecule has 0 fully saturated rings. The fraction of sp³-hybridized carbons (Fsp3) is 0.100. The summed E-state index contributed by atoms with van der Waals surface area (Å²) in [5.41, 5.74) is -2.17. The molecule has 1 N–H and O–H groups in total. The molecular formula is C10H7NO6. The number of nitrogens with zero attached hydrogens (tertiary/aromatic N) is 1. The van der Waals surface area contributed by atoms with Crippen molar-refractivity contribution in [3.05, 3.63) is 38.7 Å². The lowest BCUT2D eigenvalue weighted by atomic mass is 10.2. The second-order valence-electron chi connectivity index (χ2n) is 3.18. The second-order valence-corrected chi connectivity index (χ2v) is 3.18. The maximum atomic E-state index is 11.3. The molecule has 0 saturated heterocycles. The molecule has 0 atom stereocenters. The van der Waals surface area contributed by atoms with Crippen molar-refractivity contribution in [2.45, 2.75) is 0 Å². The van der Waals surface area contributed by atoms with E-state index in [4.69, 9.17) is 9.15 Å². The molecule has 7 nitrogen and oxygen atoms in total. The first-order chi connectivity index (χ1) is 8.06. The Balaban J connectivity index is 2.99. The van der Waals surface area contributed by atoms with Gasteiger partial charge in [-0.15, -0.1) is 0 Å². The van der Waals surface area contributed by atoms with E-state index in [1.165, 1.54) is 25.3 Å². The van der Waals surface area contributed by atoms with E-state index in [0.29, 0.717) is 0 Å². The molecule has 88 valence electrons. The number of hydrogen-bond acceptors (Lipinski definition) is 6. The lowest BCUT2D eigenvalue weighted by Crippen LogP contribution is -2.07. The van der Waals surface area contributed by atoms with Gasteiger partial charge in [-0.25, -0.2) is 4.79 Å². The Bertz CT molecular complexity index is 660. The van der Waals surface area contributed by atoms with Crippen molar-refractivity contribution < 1.29 is 19.2 Å². The van der Waals surface area contributed by atoms with Crippen molar-refractivity contribution in [1.82, 2.24) is 0 Å². The molecule has 7 heteroatoms. The van der Waals surface area contributed by atoms with E-state index in [-0.39, 0.29) is 16.7 Å². The van der Waals surface area contributed by atoms with Gasteiger partial charge in [-0.1, -0.05) is 6.07 Å². The van der Waals surface area contributed by atoms with Gasteiger partial charge < -0.3 is 14.3 Å². The lowest BCUT2D eigenvalue weighted by Gasteiger charge is -2.05. The first-order valence-electron chi connectivity index (χ1n) is 4.53. The zero-order valence-electron chi connectivity index (χ0n) is 8.67. The molecule has 17 heavy (non-hydrogen) atoms. The summed E-state index contributed by atoms with van der Waals surface area (Å²) in [7, 11) is 1.34. The van der Waals surface area contributed by atoms with Gasteiger partial charge in [0, 0.05) is 0 Å². The summed E-state index contributed by atoms with van der Waals surface area (Å²) in [5, 5.41) is 20.4. The molecule has 2 rings (SSSR count). The van der Waals surface area contributed by atoms with Crippen LogP contribution in [0.5, 0.6) is 11.5 Å². The number of ether oxygens (including phenoxy) is 1. The number of methoxy groups -OCH3 is 1. The van der Waals surface area contributed by atoms with E-state index in [2.05, 4.69) is 0 Å². The topological polar surface area (TPSA) is 103 Å². The second kappa shape index (κ2) is 3.78. The minimum Gasteiger partial charge on any atom is -0.501 e. The van der Waals surface area contributed by atoms with Gasteiger partial charge in [0.25, 0.3) is 0 Å². The molecule has 1 aromatic carbocycles. The van der Waals surface area contributed by atoms with Crippen LogP contribution in [0.3, 0.4) is 0 Å². The summed E-state index contributed by atoms with van der Waals surface area (Å²) in [4.78, 5) is 20.9. The summed E-state index contributed by atoms with van der Waals surface area (Å²) in [6.45, 7) is 0. The highest BCUT2D eigenvalue weighted by atomic mass is 16.6. The van der Waals surface area contributed by atoms with E-state index >= 15 is 0 Å². The summed E-state index contributed by atoms with van der Waals surface area (Å²) in [6.07, 6.45) is 0. The van der Waals surface area contributed by atoms with Crippen LogP contribution in [0.2, 0.25) is 0 Å². The standard InChI is InChI=1S/C10H7NO6/c1-16-5-3-2-4-6-7(5)9(12)8(11(14)15)10(13)17-6/h2-4,12H,1H3. The third-order valence-electron chi connectivity index (χ3n) is 2.25. The van der Waals surface area contributed by atoms with Gasteiger partial charge in [0.1, 0.15) is 16.7 Å². The van der Waals surface area contributed by atoms with Crippen molar-refractivity contribution in [1.29, 1.82) is 0 Å². The van der Waals surface area contributed by atoms with Crippen LogP contribution in [0.4, 0.5) is 5.69 Å². The van der Waals surface area contributed by atoms with Crippen molar-refractivity contribution in [3.63, 3.8) is 0 Å². The van der Waals surface area contributed by atoms with E-state index in [0.717, 1.165) is 0 Å². The highest BCUT2D eigenvalue weighted by Crippen LogP contribution is 2.36. The van der Waals surface area contributed by atoms with E-state index < -0.39 is 22.0 Å². The predicted molar refractivity (Wildman–Crippen MR) is 57.4 cm³/mol. The first kappa shape index (κ1) is 10.9. The number of benzene rings is 1. The van der Waals surface area contributed by atoms with Crippen LogP contribution in [0.25, 0.3) is 11.0 Å². The third kappa shape index (κ3) is 1.57. The average molecular weight is 237 g/mol. The van der Waals surface area contributed by atoms with Crippen LogP contribution in [-0.2, 0) is 0 Å². The van der Waals surface area contributed by atoms with E-state index in [1.807, 2.05) is 0 Å². The molecule has 0 aliphatic heterocycles. The minimum absolute atomic E-state index is 0.00120. The van der Waals surface area contributed by atoms with Gasteiger partial charge in [-0.3, -0.25) is 10.1 Å². The molecular weight excluding hydrogens is 230 g/mol. The Hall–Kier alpha value is -2.57. The molecule has 2 aromatic rings. The Morgan fingerprint density at radius 2 is 2.18 bits per heavy atom. The van der Waals surface area contributed by atoms with Gasteiger partial charge in [0.05, 0.1) is 12.0 Å². The SMILES string of the molecule is COc1cccc2oc(=O)c([N+](=O)[O-])c(O)c12. The van der Waals surface area contributed by atoms with Crippen LogP contribution in [-0.4, -0.2) is 17.1 Å². The Morgan fingerprint density at radius 1 is 1.47 bits per heavy atom. The summed E-state index contributed by atoms with van der Waals surface area (Å²) in [6, 6.07) is 4.43. The number of fused-ring (bicyclic) bond motifs is 1. The predicted octanol–water partition coefficient (Wildman–Crippen LogP) is 1.42. The van der Waals surface area contributed by atoms with Gasteiger partial charge in [0.2, 0.25) is 5.75 Å². The van der Waals surface area contributed by atoms with Crippen LogP contribution < -0.4 is 10.4 Å². The van der Waals surface area contributed by atoms with Crippen molar-refractivity contribution in [2.75, 3.05) is 7.11 Å². The molecule has 0 bridgehead atoms. The van der Waals surface area contributed by atoms with Crippen LogP contribution in [0, 0.1) is 10.1 Å². The average Bonchev–Trinajstić information content (AvgIpc) is 2.27. The minimum atomic E-state index is -1.20.